The minimum atomic E-state index is -1.11. The molecular weight excluding hydrogens is 214 g/mol. The lowest BCUT2D eigenvalue weighted by molar-refractivity contribution is -0.157. The van der Waals surface area contributed by atoms with Gasteiger partial charge in [-0.1, -0.05) is 12.7 Å². The average Bonchev–Trinajstić information content (AvgIpc) is 2.19. The lowest BCUT2D eigenvalue weighted by Gasteiger charge is -2.41. The maximum absolute atomic E-state index is 11.0. The molecule has 1 amide bonds. The van der Waals surface area contributed by atoms with Crippen LogP contribution in [0, 0.1) is 5.92 Å². The molecule has 1 rings (SSSR count). The molecular formula is C10H15NO5. The van der Waals surface area contributed by atoms with Gasteiger partial charge in [0.25, 0.3) is 0 Å². The molecule has 1 aliphatic rings. The molecule has 0 aliphatic heterocycles. The number of amides is 1. The summed E-state index contributed by atoms with van der Waals surface area (Å²) in [6.07, 6.45) is 1.10. The van der Waals surface area contributed by atoms with E-state index in [1.54, 1.807) is 0 Å². The molecule has 0 bridgehead atoms. The van der Waals surface area contributed by atoms with Crippen LogP contribution in [0.2, 0.25) is 0 Å². The fourth-order valence-electron chi connectivity index (χ4n) is 1.60. The Balaban J connectivity index is 2.21. The molecule has 1 saturated carbocycles. The van der Waals surface area contributed by atoms with Crippen molar-refractivity contribution in [3.8, 4) is 0 Å². The van der Waals surface area contributed by atoms with Crippen LogP contribution in [0.25, 0.3) is 0 Å². The number of alkyl carbamates (subject to hydrolysis) is 1. The van der Waals surface area contributed by atoms with E-state index in [4.69, 9.17) is 5.11 Å². The van der Waals surface area contributed by atoms with Crippen molar-refractivity contribution in [2.24, 2.45) is 5.92 Å². The number of hydrogen-bond donors (Lipinski definition) is 3. The SMILES string of the molecule is C=CCOC(=O)NCC1(O)CC(C(=O)O)C1. The van der Waals surface area contributed by atoms with Crippen molar-refractivity contribution in [1.82, 2.24) is 5.32 Å². The zero-order valence-electron chi connectivity index (χ0n) is 8.81. The topological polar surface area (TPSA) is 95.9 Å². The van der Waals surface area contributed by atoms with Gasteiger partial charge in [-0.3, -0.25) is 4.79 Å². The monoisotopic (exact) mass is 229 g/mol. The average molecular weight is 229 g/mol. The van der Waals surface area contributed by atoms with Crippen LogP contribution in [-0.2, 0) is 9.53 Å². The minimum Gasteiger partial charge on any atom is -0.481 e. The molecule has 0 spiro atoms. The summed E-state index contributed by atoms with van der Waals surface area (Å²) < 4.78 is 4.63. The van der Waals surface area contributed by atoms with Gasteiger partial charge < -0.3 is 20.3 Å². The van der Waals surface area contributed by atoms with Gasteiger partial charge in [0, 0.05) is 6.54 Å². The number of nitrogens with one attached hydrogen (secondary N) is 1. The minimum absolute atomic E-state index is 0.00670. The predicted molar refractivity (Wildman–Crippen MR) is 54.9 cm³/mol. The van der Waals surface area contributed by atoms with Gasteiger partial charge in [-0.25, -0.2) is 4.79 Å². The molecule has 0 aromatic carbocycles. The number of rotatable bonds is 5. The summed E-state index contributed by atoms with van der Waals surface area (Å²) in [6.45, 7) is 3.48. The van der Waals surface area contributed by atoms with Crippen LogP contribution in [0.4, 0.5) is 4.79 Å². The number of hydrogen-bond acceptors (Lipinski definition) is 4. The van der Waals surface area contributed by atoms with Gasteiger partial charge in [-0.2, -0.15) is 0 Å². The quantitative estimate of drug-likeness (QED) is 0.582. The first-order valence-electron chi connectivity index (χ1n) is 4.93. The van der Waals surface area contributed by atoms with E-state index in [-0.39, 0.29) is 26.0 Å². The number of carboxylic acid groups (broad SMARTS) is 1. The van der Waals surface area contributed by atoms with Crippen LogP contribution in [0.15, 0.2) is 12.7 Å². The summed E-state index contributed by atoms with van der Waals surface area (Å²) in [6, 6.07) is 0. The summed E-state index contributed by atoms with van der Waals surface area (Å²) >= 11 is 0. The van der Waals surface area contributed by atoms with Crippen molar-refractivity contribution in [2.45, 2.75) is 18.4 Å². The van der Waals surface area contributed by atoms with Crippen molar-refractivity contribution < 1.29 is 24.5 Å². The van der Waals surface area contributed by atoms with Gasteiger partial charge in [0.15, 0.2) is 0 Å². The van der Waals surface area contributed by atoms with Crippen LogP contribution in [0.5, 0.6) is 0 Å². The molecule has 0 aromatic heterocycles. The van der Waals surface area contributed by atoms with Crippen LogP contribution in [0.1, 0.15) is 12.8 Å². The van der Waals surface area contributed by atoms with Crippen molar-refractivity contribution in [3.63, 3.8) is 0 Å². The number of carbonyl (C=O) groups is 2. The largest absolute Gasteiger partial charge is 0.481 e. The zero-order chi connectivity index (χ0) is 12.2. The Bertz CT molecular complexity index is 296. The van der Waals surface area contributed by atoms with E-state index in [0.29, 0.717) is 0 Å². The van der Waals surface area contributed by atoms with Crippen molar-refractivity contribution in [3.05, 3.63) is 12.7 Å². The van der Waals surface area contributed by atoms with Gasteiger partial charge in [-0.05, 0) is 12.8 Å². The highest BCUT2D eigenvalue weighted by atomic mass is 16.5. The van der Waals surface area contributed by atoms with Crippen LogP contribution in [-0.4, -0.2) is 41.0 Å². The zero-order valence-corrected chi connectivity index (χ0v) is 8.81. The fourth-order valence-corrected chi connectivity index (χ4v) is 1.60. The Morgan fingerprint density at radius 3 is 2.69 bits per heavy atom. The highest BCUT2D eigenvalue weighted by molar-refractivity contribution is 5.72. The normalized spacial score (nSPS) is 27.7. The number of ether oxygens (including phenoxy) is 1. The molecule has 1 aliphatic carbocycles. The highest BCUT2D eigenvalue weighted by Crippen LogP contribution is 2.37. The van der Waals surface area contributed by atoms with Gasteiger partial charge in [0.2, 0.25) is 0 Å². The molecule has 0 unspecified atom stereocenters. The van der Waals surface area contributed by atoms with E-state index in [9.17, 15) is 14.7 Å². The molecule has 90 valence electrons. The summed E-state index contributed by atoms with van der Waals surface area (Å²) in [5, 5.41) is 20.7. The van der Waals surface area contributed by atoms with Crippen LogP contribution >= 0.6 is 0 Å². The number of aliphatic carboxylic acids is 1. The van der Waals surface area contributed by atoms with Gasteiger partial charge in [0.05, 0.1) is 11.5 Å². The van der Waals surface area contributed by atoms with Crippen molar-refractivity contribution in [2.75, 3.05) is 13.2 Å². The number of carbonyl (C=O) groups excluding carboxylic acids is 1. The summed E-state index contributed by atoms with van der Waals surface area (Å²) in [7, 11) is 0. The van der Waals surface area contributed by atoms with Crippen molar-refractivity contribution >= 4 is 12.1 Å². The van der Waals surface area contributed by atoms with Crippen LogP contribution < -0.4 is 5.32 Å². The van der Waals surface area contributed by atoms with E-state index >= 15 is 0 Å². The Hall–Kier alpha value is -1.56. The van der Waals surface area contributed by atoms with Gasteiger partial charge >= 0.3 is 12.1 Å². The van der Waals surface area contributed by atoms with E-state index < -0.39 is 23.6 Å². The second kappa shape index (κ2) is 4.98. The van der Waals surface area contributed by atoms with Gasteiger partial charge in [0.1, 0.15) is 6.61 Å². The Labute approximate surface area is 92.9 Å². The molecule has 0 saturated heterocycles. The summed E-state index contributed by atoms with van der Waals surface area (Å²) in [4.78, 5) is 21.5. The molecule has 3 N–H and O–H groups in total. The second-order valence-electron chi connectivity index (χ2n) is 3.91. The highest BCUT2D eigenvalue weighted by Gasteiger charge is 2.46. The molecule has 1 fully saturated rings. The standard InChI is InChI=1S/C10H15NO5/c1-2-3-16-9(14)11-6-10(15)4-7(5-10)8(12)13/h2,7,15H,1,3-6H2,(H,11,14)(H,12,13). The summed E-state index contributed by atoms with van der Waals surface area (Å²) in [5.41, 5.74) is -1.11. The Morgan fingerprint density at radius 2 is 2.19 bits per heavy atom. The number of aliphatic hydroxyl groups is 1. The molecule has 0 heterocycles. The Kier molecular flexibility index (Phi) is 3.89. The third kappa shape index (κ3) is 3.23. The van der Waals surface area contributed by atoms with Gasteiger partial charge in [-0.15, -0.1) is 0 Å². The fraction of sp³-hybridized carbons (Fsp3) is 0.600. The van der Waals surface area contributed by atoms with Crippen LogP contribution in [0.3, 0.4) is 0 Å². The lowest BCUT2D eigenvalue weighted by Crippen LogP contribution is -2.54. The second-order valence-corrected chi connectivity index (χ2v) is 3.91. The third-order valence-electron chi connectivity index (χ3n) is 2.50. The first-order valence-corrected chi connectivity index (χ1v) is 4.93. The molecule has 6 nitrogen and oxygen atoms in total. The first-order chi connectivity index (χ1) is 7.47. The van der Waals surface area contributed by atoms with E-state index in [0.717, 1.165) is 0 Å². The van der Waals surface area contributed by atoms with E-state index in [1.165, 1.54) is 6.08 Å². The maximum Gasteiger partial charge on any atom is 0.407 e. The lowest BCUT2D eigenvalue weighted by atomic mass is 9.71. The molecule has 0 atom stereocenters. The smallest absolute Gasteiger partial charge is 0.407 e. The Morgan fingerprint density at radius 1 is 1.56 bits per heavy atom. The number of carboxylic acids is 1. The predicted octanol–water partition coefficient (Wildman–Crippen LogP) is 0.124. The summed E-state index contributed by atoms with van der Waals surface area (Å²) in [5.74, 6) is -1.44. The maximum atomic E-state index is 11.0. The van der Waals surface area contributed by atoms with E-state index in [2.05, 4.69) is 16.6 Å². The molecule has 6 heteroatoms. The molecule has 0 aromatic rings. The third-order valence-corrected chi connectivity index (χ3v) is 2.50. The van der Waals surface area contributed by atoms with E-state index in [1.807, 2.05) is 0 Å². The first kappa shape index (κ1) is 12.5. The molecule has 16 heavy (non-hydrogen) atoms. The molecule has 0 radical (unpaired) electrons. The van der Waals surface area contributed by atoms with Crippen molar-refractivity contribution in [1.29, 1.82) is 0 Å².